The van der Waals surface area contributed by atoms with Crippen LogP contribution in [-0.4, -0.2) is 19.7 Å². The zero-order chi connectivity index (χ0) is 26.5. The SMILES string of the molecule is CCCc1nc2ccccc2n1Cc1ccc2c(c1)COc1cc(F)ccc1/C2=C(\c1noc(=O)[nH]1)C1CC1. The third-order valence-electron chi connectivity index (χ3n) is 7.53. The van der Waals surface area contributed by atoms with Gasteiger partial charge in [-0.1, -0.05) is 36.3 Å². The van der Waals surface area contributed by atoms with Gasteiger partial charge in [0.05, 0.1) is 11.0 Å². The highest BCUT2D eigenvalue weighted by molar-refractivity contribution is 6.01. The number of para-hydroxylation sites is 2. The Balaban J connectivity index is 1.39. The minimum absolute atomic E-state index is 0.221. The van der Waals surface area contributed by atoms with Gasteiger partial charge in [0.15, 0.2) is 5.82 Å². The summed E-state index contributed by atoms with van der Waals surface area (Å²) in [5.74, 6) is 1.21. The maximum absolute atomic E-state index is 14.3. The lowest BCUT2D eigenvalue weighted by atomic mass is 9.87. The number of ether oxygens (including phenoxy) is 1. The van der Waals surface area contributed by atoms with Crippen molar-refractivity contribution in [2.45, 2.75) is 45.8 Å². The normalized spacial score (nSPS) is 15.9. The molecule has 196 valence electrons. The predicted octanol–water partition coefficient (Wildman–Crippen LogP) is 6.11. The fraction of sp³-hybridized carbons (Fsp3) is 0.258. The Kier molecular flexibility index (Phi) is 5.68. The van der Waals surface area contributed by atoms with Gasteiger partial charge in [0, 0.05) is 35.7 Å². The van der Waals surface area contributed by atoms with E-state index < -0.39 is 5.76 Å². The topological polar surface area (TPSA) is 85.9 Å². The maximum atomic E-state index is 14.3. The van der Waals surface area contributed by atoms with Gasteiger partial charge in [-0.25, -0.2) is 14.2 Å². The fourth-order valence-electron chi connectivity index (χ4n) is 5.65. The van der Waals surface area contributed by atoms with Crippen LogP contribution in [0, 0.1) is 11.7 Å². The highest BCUT2D eigenvalue weighted by Crippen LogP contribution is 2.49. The first-order valence-corrected chi connectivity index (χ1v) is 13.4. The van der Waals surface area contributed by atoms with Crippen LogP contribution in [-0.2, 0) is 19.6 Å². The summed E-state index contributed by atoms with van der Waals surface area (Å²) in [7, 11) is 0. The quantitative estimate of drug-likeness (QED) is 0.291. The first kappa shape index (κ1) is 23.6. The van der Waals surface area contributed by atoms with Gasteiger partial charge >= 0.3 is 5.76 Å². The lowest BCUT2D eigenvalue weighted by Gasteiger charge is -2.17. The molecular formula is C31H27FN4O3. The molecule has 7 rings (SSSR count). The molecule has 5 aromatic rings. The van der Waals surface area contributed by atoms with E-state index >= 15 is 0 Å². The molecule has 0 saturated heterocycles. The second-order valence-electron chi connectivity index (χ2n) is 10.3. The van der Waals surface area contributed by atoms with Crippen LogP contribution >= 0.6 is 0 Å². The molecule has 1 N–H and O–H groups in total. The van der Waals surface area contributed by atoms with Gasteiger partial charge in [0.1, 0.15) is 24.0 Å². The monoisotopic (exact) mass is 522 g/mol. The largest absolute Gasteiger partial charge is 0.488 e. The van der Waals surface area contributed by atoms with Gasteiger partial charge in [0.25, 0.3) is 0 Å². The Morgan fingerprint density at radius 3 is 2.74 bits per heavy atom. The van der Waals surface area contributed by atoms with Gasteiger partial charge < -0.3 is 9.30 Å². The summed E-state index contributed by atoms with van der Waals surface area (Å²) in [6, 6.07) is 19.2. The molecule has 0 radical (unpaired) electrons. The molecule has 1 aliphatic heterocycles. The van der Waals surface area contributed by atoms with Crippen molar-refractivity contribution in [1.82, 2.24) is 19.7 Å². The van der Waals surface area contributed by atoms with Gasteiger partial charge in [-0.05, 0) is 72.2 Å². The second kappa shape index (κ2) is 9.38. The van der Waals surface area contributed by atoms with E-state index in [0.717, 1.165) is 75.9 Å². The predicted molar refractivity (Wildman–Crippen MR) is 146 cm³/mol. The van der Waals surface area contributed by atoms with Crippen molar-refractivity contribution >= 4 is 22.2 Å². The highest BCUT2D eigenvalue weighted by Gasteiger charge is 2.35. The van der Waals surface area contributed by atoms with Crippen LogP contribution < -0.4 is 10.5 Å². The third kappa shape index (κ3) is 4.26. The maximum Gasteiger partial charge on any atom is 0.439 e. The Hall–Kier alpha value is -4.46. The number of allylic oxidation sites excluding steroid dienone is 1. The molecule has 39 heavy (non-hydrogen) atoms. The molecule has 3 aromatic carbocycles. The average molecular weight is 523 g/mol. The van der Waals surface area contributed by atoms with Crippen molar-refractivity contribution in [1.29, 1.82) is 0 Å². The lowest BCUT2D eigenvalue weighted by Crippen LogP contribution is -2.07. The van der Waals surface area contributed by atoms with Crippen molar-refractivity contribution in [3.05, 3.63) is 111 Å². The number of aromatic nitrogens is 4. The van der Waals surface area contributed by atoms with Gasteiger partial charge in [-0.15, -0.1) is 0 Å². The van der Waals surface area contributed by atoms with Gasteiger partial charge in [-0.3, -0.25) is 9.51 Å². The summed E-state index contributed by atoms with van der Waals surface area (Å²) < 4.78 is 27.7. The third-order valence-corrected chi connectivity index (χ3v) is 7.53. The van der Waals surface area contributed by atoms with Gasteiger partial charge in [-0.2, -0.15) is 0 Å². The smallest absolute Gasteiger partial charge is 0.439 e. The number of hydrogen-bond donors (Lipinski definition) is 1. The molecule has 0 amide bonds. The molecular weight excluding hydrogens is 495 g/mol. The van der Waals surface area contributed by atoms with Crippen LogP contribution in [0.15, 0.2) is 70.0 Å². The van der Waals surface area contributed by atoms with Crippen molar-refractivity contribution in [2.75, 3.05) is 0 Å². The molecule has 2 aliphatic rings. The number of halogens is 1. The summed E-state index contributed by atoms with van der Waals surface area (Å²) in [6.45, 7) is 3.14. The van der Waals surface area contributed by atoms with E-state index in [1.165, 1.54) is 12.1 Å². The van der Waals surface area contributed by atoms with E-state index in [0.29, 0.717) is 24.7 Å². The summed E-state index contributed by atoms with van der Waals surface area (Å²) in [5, 5.41) is 4.04. The molecule has 0 unspecified atom stereocenters. The molecule has 7 nitrogen and oxygen atoms in total. The Bertz CT molecular complexity index is 1810. The Labute approximate surface area is 223 Å². The molecule has 1 saturated carbocycles. The molecule has 2 aromatic heterocycles. The zero-order valence-electron chi connectivity index (χ0n) is 21.5. The molecule has 0 atom stereocenters. The molecule has 1 fully saturated rings. The first-order chi connectivity index (χ1) is 19.1. The number of imidazole rings is 1. The lowest BCUT2D eigenvalue weighted by molar-refractivity contribution is 0.305. The van der Waals surface area contributed by atoms with E-state index in [1.54, 1.807) is 6.07 Å². The number of hydrogen-bond acceptors (Lipinski definition) is 5. The summed E-state index contributed by atoms with van der Waals surface area (Å²) in [6.07, 6.45) is 3.87. The summed E-state index contributed by atoms with van der Waals surface area (Å²) in [5.41, 5.74) is 7.79. The van der Waals surface area contributed by atoms with Crippen LogP contribution in [0.5, 0.6) is 5.75 Å². The summed E-state index contributed by atoms with van der Waals surface area (Å²) >= 11 is 0. The zero-order valence-corrected chi connectivity index (χ0v) is 21.5. The molecule has 1 aliphatic carbocycles. The van der Waals surface area contributed by atoms with Crippen molar-refractivity contribution in [3.63, 3.8) is 0 Å². The van der Waals surface area contributed by atoms with Crippen LogP contribution in [0.3, 0.4) is 0 Å². The second-order valence-corrected chi connectivity index (χ2v) is 10.3. The van der Waals surface area contributed by atoms with Crippen molar-refractivity contribution < 1.29 is 13.7 Å². The number of aromatic amines is 1. The number of nitrogens with one attached hydrogen (secondary N) is 1. The molecule has 3 heterocycles. The molecule has 0 spiro atoms. The Morgan fingerprint density at radius 2 is 1.95 bits per heavy atom. The molecule has 0 bridgehead atoms. The van der Waals surface area contributed by atoms with Crippen molar-refractivity contribution in [3.8, 4) is 5.75 Å². The van der Waals surface area contributed by atoms with E-state index in [4.69, 9.17) is 14.2 Å². The van der Waals surface area contributed by atoms with Crippen LogP contribution in [0.25, 0.3) is 22.2 Å². The molecule has 8 heteroatoms. The summed E-state index contributed by atoms with van der Waals surface area (Å²) in [4.78, 5) is 19.5. The number of aryl methyl sites for hydroxylation is 1. The number of benzene rings is 3. The van der Waals surface area contributed by atoms with Crippen LogP contribution in [0.1, 0.15) is 60.1 Å². The fourth-order valence-corrected chi connectivity index (χ4v) is 5.65. The minimum atomic E-state index is -0.598. The minimum Gasteiger partial charge on any atom is -0.488 e. The van der Waals surface area contributed by atoms with E-state index in [-0.39, 0.29) is 11.7 Å². The number of nitrogens with zero attached hydrogens (tertiary/aromatic N) is 3. The van der Waals surface area contributed by atoms with E-state index in [9.17, 15) is 9.18 Å². The first-order valence-electron chi connectivity index (χ1n) is 13.4. The average Bonchev–Trinajstić information content (AvgIpc) is 3.63. The Morgan fingerprint density at radius 1 is 1.10 bits per heavy atom. The number of H-pyrrole nitrogens is 1. The standard InChI is InChI=1S/C31H27FN4O3/c1-2-5-27-33-24-6-3-4-7-25(24)36(27)16-18-8-12-22-20(14-18)17-38-26-15-21(32)11-13-23(26)29(22)28(19-9-10-19)30-34-31(37)39-35-30/h3-4,6-8,11-15,19H,2,5,9-10,16-17H2,1H3,(H,34,35,37)/b29-28-. The van der Waals surface area contributed by atoms with Crippen LogP contribution in [0.2, 0.25) is 0 Å². The van der Waals surface area contributed by atoms with Crippen molar-refractivity contribution in [2.24, 2.45) is 5.92 Å². The highest BCUT2D eigenvalue weighted by atomic mass is 19.1. The van der Waals surface area contributed by atoms with E-state index in [2.05, 4.69) is 52.0 Å². The van der Waals surface area contributed by atoms with E-state index in [1.807, 2.05) is 12.1 Å². The van der Waals surface area contributed by atoms with Crippen LogP contribution in [0.4, 0.5) is 4.39 Å². The van der Waals surface area contributed by atoms with Gasteiger partial charge in [0.2, 0.25) is 0 Å². The number of fused-ring (bicyclic) bond motifs is 3. The number of rotatable bonds is 6.